The van der Waals surface area contributed by atoms with E-state index in [4.69, 9.17) is 10.1 Å². The van der Waals surface area contributed by atoms with Crippen molar-refractivity contribution in [3.8, 4) is 0 Å². The third kappa shape index (κ3) is 4.30. The summed E-state index contributed by atoms with van der Waals surface area (Å²) in [6.45, 7) is 6.95. The number of amides is 1. The molecule has 1 amide bonds. The Morgan fingerprint density at radius 2 is 2.05 bits per heavy atom. The fraction of sp³-hybridized carbons (Fsp3) is 0.600. The molecule has 1 N–H and O–H groups in total. The zero-order chi connectivity index (χ0) is 15.6. The Hall–Kier alpha value is -0.880. The van der Waals surface area contributed by atoms with Crippen LogP contribution >= 0.6 is 27.3 Å². The van der Waals surface area contributed by atoms with E-state index in [0.29, 0.717) is 18.8 Å². The molecule has 1 aliphatic heterocycles. The molecule has 0 aliphatic carbocycles. The van der Waals surface area contributed by atoms with Crippen molar-refractivity contribution in [1.82, 2.24) is 4.90 Å². The second-order valence-corrected chi connectivity index (χ2v) is 8.02. The summed E-state index contributed by atoms with van der Waals surface area (Å²) in [6.07, 6.45) is 1.40. The molecule has 2 heterocycles. The topological polar surface area (TPSA) is 53.4 Å². The van der Waals surface area contributed by atoms with E-state index in [2.05, 4.69) is 15.9 Å². The van der Waals surface area contributed by atoms with Gasteiger partial charge in [0.2, 0.25) is 0 Å². The van der Waals surface area contributed by atoms with Crippen molar-refractivity contribution < 1.29 is 9.53 Å². The van der Waals surface area contributed by atoms with Crippen LogP contribution in [-0.2, 0) is 4.74 Å². The first-order valence-corrected chi connectivity index (χ1v) is 8.75. The first-order chi connectivity index (χ1) is 9.78. The predicted molar refractivity (Wildman–Crippen MR) is 89.4 cm³/mol. The maximum atomic E-state index is 12.0. The highest BCUT2D eigenvalue weighted by molar-refractivity contribution is 9.10. The number of piperidine rings is 1. The first kappa shape index (κ1) is 16.5. The number of ether oxygens (including phenoxy) is 1. The Morgan fingerprint density at radius 1 is 1.43 bits per heavy atom. The quantitative estimate of drug-likeness (QED) is 0.775. The average Bonchev–Trinajstić information content (AvgIpc) is 2.82. The Morgan fingerprint density at radius 3 is 2.52 bits per heavy atom. The van der Waals surface area contributed by atoms with E-state index < -0.39 is 5.60 Å². The molecule has 0 aromatic carbocycles. The highest BCUT2D eigenvalue weighted by atomic mass is 79.9. The van der Waals surface area contributed by atoms with Crippen LogP contribution in [-0.4, -0.2) is 35.4 Å². The van der Waals surface area contributed by atoms with Crippen LogP contribution in [0.15, 0.2) is 15.9 Å². The van der Waals surface area contributed by atoms with Gasteiger partial charge in [-0.2, -0.15) is 0 Å². The second-order valence-electron chi connectivity index (χ2n) is 6.25. The Labute approximate surface area is 138 Å². The van der Waals surface area contributed by atoms with Gasteiger partial charge in [0.05, 0.1) is 10.6 Å². The standard InChI is InChI=1S/C15H21BrN2O2S/c1-15(2,3)20-14(19)18-7-4-10(5-8-18)12(17)13-11(16)6-9-21-13/h6,9-10,17H,4-5,7-8H2,1-3H3. The summed E-state index contributed by atoms with van der Waals surface area (Å²) in [5.74, 6) is 0.221. The van der Waals surface area contributed by atoms with Crippen molar-refractivity contribution in [3.05, 3.63) is 20.8 Å². The van der Waals surface area contributed by atoms with Crippen LogP contribution in [0.5, 0.6) is 0 Å². The van der Waals surface area contributed by atoms with E-state index in [0.717, 1.165) is 22.2 Å². The van der Waals surface area contributed by atoms with Crippen molar-refractivity contribution in [2.45, 2.75) is 39.2 Å². The first-order valence-electron chi connectivity index (χ1n) is 7.07. The summed E-state index contributed by atoms with van der Waals surface area (Å²) in [5, 5.41) is 10.3. The van der Waals surface area contributed by atoms with Crippen LogP contribution < -0.4 is 0 Å². The molecule has 1 saturated heterocycles. The molecule has 2 rings (SSSR count). The van der Waals surface area contributed by atoms with Crippen LogP contribution in [0.2, 0.25) is 0 Å². The highest BCUT2D eigenvalue weighted by Crippen LogP contribution is 2.29. The molecular formula is C15H21BrN2O2S. The van der Waals surface area contributed by atoms with E-state index in [1.807, 2.05) is 32.2 Å². The van der Waals surface area contributed by atoms with Gasteiger partial charge in [0, 0.05) is 23.5 Å². The maximum Gasteiger partial charge on any atom is 0.410 e. The van der Waals surface area contributed by atoms with Crippen molar-refractivity contribution >= 4 is 39.1 Å². The van der Waals surface area contributed by atoms with Gasteiger partial charge in [-0.1, -0.05) is 0 Å². The monoisotopic (exact) mass is 372 g/mol. The molecule has 21 heavy (non-hydrogen) atoms. The molecule has 1 aliphatic rings. The fourth-order valence-corrected chi connectivity index (χ4v) is 3.96. The van der Waals surface area contributed by atoms with Gasteiger partial charge >= 0.3 is 6.09 Å². The third-order valence-corrected chi connectivity index (χ3v) is 5.29. The Kier molecular flexibility index (Phi) is 5.09. The van der Waals surface area contributed by atoms with Crippen LogP contribution in [0.1, 0.15) is 38.5 Å². The molecule has 0 radical (unpaired) electrons. The number of nitrogens with zero attached hydrogens (tertiary/aromatic N) is 1. The number of nitrogens with one attached hydrogen (secondary N) is 1. The minimum absolute atomic E-state index is 0.221. The van der Waals surface area contributed by atoms with Crippen LogP contribution in [0.25, 0.3) is 0 Å². The predicted octanol–water partition coefficient (Wildman–Crippen LogP) is 4.53. The van der Waals surface area contributed by atoms with Gasteiger partial charge < -0.3 is 15.0 Å². The number of halogens is 1. The van der Waals surface area contributed by atoms with E-state index in [1.165, 1.54) is 0 Å². The molecule has 116 valence electrons. The number of carbonyl (C=O) groups is 1. The maximum absolute atomic E-state index is 12.0. The van der Waals surface area contributed by atoms with Crippen molar-refractivity contribution in [2.75, 3.05) is 13.1 Å². The van der Waals surface area contributed by atoms with Gasteiger partial charge in [0.25, 0.3) is 0 Å². The zero-order valence-electron chi connectivity index (χ0n) is 12.6. The zero-order valence-corrected chi connectivity index (χ0v) is 15.0. The van der Waals surface area contributed by atoms with Crippen LogP contribution in [0.4, 0.5) is 4.79 Å². The van der Waals surface area contributed by atoms with Crippen molar-refractivity contribution in [1.29, 1.82) is 5.41 Å². The normalized spacial score (nSPS) is 16.9. The summed E-state index contributed by atoms with van der Waals surface area (Å²) in [7, 11) is 0. The summed E-state index contributed by atoms with van der Waals surface area (Å²) < 4.78 is 6.38. The smallest absolute Gasteiger partial charge is 0.410 e. The Balaban J connectivity index is 1.90. The van der Waals surface area contributed by atoms with Crippen LogP contribution in [0, 0.1) is 11.3 Å². The summed E-state index contributed by atoms with van der Waals surface area (Å²) >= 11 is 5.08. The number of carbonyl (C=O) groups excluding carboxylic acids is 1. The van der Waals surface area contributed by atoms with Gasteiger partial charge in [0.15, 0.2) is 0 Å². The molecule has 1 aromatic rings. The van der Waals surface area contributed by atoms with Crippen molar-refractivity contribution in [3.63, 3.8) is 0 Å². The molecule has 0 spiro atoms. The molecule has 4 nitrogen and oxygen atoms in total. The lowest BCUT2D eigenvalue weighted by Gasteiger charge is -2.33. The van der Waals surface area contributed by atoms with Gasteiger partial charge in [-0.15, -0.1) is 11.3 Å². The van der Waals surface area contributed by atoms with Gasteiger partial charge in [-0.05, 0) is 61.0 Å². The average molecular weight is 373 g/mol. The molecule has 0 saturated carbocycles. The lowest BCUT2D eigenvalue weighted by Crippen LogP contribution is -2.42. The summed E-state index contributed by atoms with van der Waals surface area (Å²) in [6, 6.07) is 1.98. The van der Waals surface area contributed by atoms with E-state index >= 15 is 0 Å². The highest BCUT2D eigenvalue weighted by Gasteiger charge is 2.29. The number of rotatable bonds is 2. The van der Waals surface area contributed by atoms with E-state index in [1.54, 1.807) is 16.2 Å². The minimum atomic E-state index is -0.456. The molecule has 0 unspecified atom stereocenters. The van der Waals surface area contributed by atoms with Gasteiger partial charge in [0.1, 0.15) is 5.60 Å². The van der Waals surface area contributed by atoms with Crippen molar-refractivity contribution in [2.24, 2.45) is 5.92 Å². The number of thiophene rings is 1. The largest absolute Gasteiger partial charge is 0.444 e. The summed E-state index contributed by atoms with van der Waals surface area (Å²) in [4.78, 5) is 14.8. The number of likely N-dealkylation sites (tertiary alicyclic amines) is 1. The number of hydrogen-bond donors (Lipinski definition) is 1. The molecule has 1 aromatic heterocycles. The van der Waals surface area contributed by atoms with E-state index in [9.17, 15) is 4.79 Å². The lowest BCUT2D eigenvalue weighted by atomic mass is 9.91. The number of hydrogen-bond acceptors (Lipinski definition) is 4. The Bertz CT molecular complexity index is 528. The molecule has 1 fully saturated rings. The minimum Gasteiger partial charge on any atom is -0.444 e. The third-order valence-electron chi connectivity index (χ3n) is 3.42. The molecular weight excluding hydrogens is 352 g/mol. The van der Waals surface area contributed by atoms with Gasteiger partial charge in [-0.25, -0.2) is 4.79 Å². The van der Waals surface area contributed by atoms with Crippen LogP contribution in [0.3, 0.4) is 0 Å². The van der Waals surface area contributed by atoms with E-state index in [-0.39, 0.29) is 12.0 Å². The second kappa shape index (κ2) is 6.48. The molecule has 6 heteroatoms. The fourth-order valence-electron chi connectivity index (χ4n) is 2.35. The molecule has 0 bridgehead atoms. The lowest BCUT2D eigenvalue weighted by molar-refractivity contribution is 0.0202. The van der Waals surface area contributed by atoms with Gasteiger partial charge in [-0.3, -0.25) is 0 Å². The molecule has 0 atom stereocenters. The summed E-state index contributed by atoms with van der Waals surface area (Å²) in [5.41, 5.74) is 0.225. The SMILES string of the molecule is CC(C)(C)OC(=O)N1CCC(C(=N)c2sccc2Br)CC1.